The van der Waals surface area contributed by atoms with E-state index < -0.39 is 0 Å². The van der Waals surface area contributed by atoms with Crippen molar-refractivity contribution in [3.8, 4) is 0 Å². The first-order valence-corrected chi connectivity index (χ1v) is 6.72. The Bertz CT molecular complexity index is 388. The van der Waals surface area contributed by atoms with Crippen LogP contribution in [0.4, 0.5) is 4.79 Å². The summed E-state index contributed by atoms with van der Waals surface area (Å²) in [6, 6.07) is -0.0565. The molecule has 2 aliphatic carbocycles. The zero-order valence-corrected chi connectivity index (χ0v) is 11.0. The monoisotopic (exact) mass is 252 g/mol. The van der Waals surface area contributed by atoms with Gasteiger partial charge in [-0.05, 0) is 25.7 Å². The van der Waals surface area contributed by atoms with Crippen molar-refractivity contribution >= 4 is 12.0 Å². The molecule has 0 aromatic heterocycles. The lowest BCUT2D eigenvalue weighted by Gasteiger charge is -2.43. The summed E-state index contributed by atoms with van der Waals surface area (Å²) >= 11 is 0. The van der Waals surface area contributed by atoms with Gasteiger partial charge in [0.2, 0.25) is 0 Å². The summed E-state index contributed by atoms with van der Waals surface area (Å²) in [5.41, 5.74) is -0.00316. The molecule has 18 heavy (non-hydrogen) atoms. The highest BCUT2D eigenvalue weighted by atomic mass is 16.6. The second kappa shape index (κ2) is 3.87. The number of nitrogens with zero attached hydrogens (tertiary/aromatic N) is 2. The Kier molecular flexibility index (Phi) is 2.54. The van der Waals surface area contributed by atoms with Crippen molar-refractivity contribution < 1.29 is 14.3 Å². The number of urea groups is 1. The van der Waals surface area contributed by atoms with Crippen molar-refractivity contribution in [3.63, 3.8) is 0 Å². The Morgan fingerprint density at radius 3 is 2.50 bits per heavy atom. The molecule has 1 aliphatic heterocycles. The number of hydrogen-bond acceptors (Lipinski definition) is 3. The summed E-state index contributed by atoms with van der Waals surface area (Å²) in [6.45, 7) is 0.707. The van der Waals surface area contributed by atoms with E-state index in [1.807, 2.05) is 7.05 Å². The number of carbonyl (C=O) groups is 2. The van der Waals surface area contributed by atoms with Crippen LogP contribution in [0.3, 0.4) is 0 Å². The van der Waals surface area contributed by atoms with E-state index in [4.69, 9.17) is 4.74 Å². The Morgan fingerprint density at radius 2 is 2.00 bits per heavy atom. The maximum atomic E-state index is 12.0. The van der Waals surface area contributed by atoms with Crippen LogP contribution >= 0.6 is 0 Å². The Hall–Kier alpha value is -1.26. The summed E-state index contributed by atoms with van der Waals surface area (Å²) in [4.78, 5) is 27.2. The van der Waals surface area contributed by atoms with Crippen LogP contribution in [-0.4, -0.2) is 48.7 Å². The van der Waals surface area contributed by atoms with Gasteiger partial charge < -0.3 is 9.64 Å². The highest BCUT2D eigenvalue weighted by Crippen LogP contribution is 2.53. The fourth-order valence-electron chi connectivity index (χ4n) is 3.02. The zero-order chi connectivity index (χ0) is 12.9. The Labute approximate surface area is 107 Å². The minimum absolute atomic E-state index is 0.00316. The lowest BCUT2D eigenvalue weighted by atomic mass is 9.85. The van der Waals surface area contributed by atoms with Gasteiger partial charge in [0, 0.05) is 26.1 Å². The molecule has 1 unspecified atom stereocenters. The summed E-state index contributed by atoms with van der Waals surface area (Å²) in [5, 5.41) is 0. The van der Waals surface area contributed by atoms with Gasteiger partial charge in [0.15, 0.2) is 6.23 Å². The number of amides is 2. The van der Waals surface area contributed by atoms with E-state index in [0.717, 1.165) is 32.1 Å². The molecule has 100 valence electrons. The van der Waals surface area contributed by atoms with Crippen molar-refractivity contribution in [2.45, 2.75) is 38.3 Å². The molecule has 0 N–H and O–H groups in total. The first-order valence-electron chi connectivity index (χ1n) is 6.72. The van der Waals surface area contributed by atoms with Gasteiger partial charge in [-0.1, -0.05) is 6.42 Å². The molecular formula is C13H20N2O3. The number of ether oxygens (including phenoxy) is 1. The van der Waals surface area contributed by atoms with E-state index >= 15 is 0 Å². The van der Waals surface area contributed by atoms with Crippen LogP contribution in [0.2, 0.25) is 0 Å². The minimum Gasteiger partial charge on any atom is -0.441 e. The van der Waals surface area contributed by atoms with Crippen LogP contribution in [0.15, 0.2) is 0 Å². The third kappa shape index (κ3) is 1.68. The molecule has 1 heterocycles. The molecule has 2 saturated carbocycles. The van der Waals surface area contributed by atoms with Crippen LogP contribution in [0.5, 0.6) is 0 Å². The number of rotatable bonds is 2. The topological polar surface area (TPSA) is 49.9 Å². The number of hydrogen-bond donors (Lipinski definition) is 0. The normalized spacial score (nSPS) is 30.3. The third-order valence-corrected chi connectivity index (χ3v) is 4.61. The van der Waals surface area contributed by atoms with Gasteiger partial charge in [0.05, 0.1) is 5.92 Å². The molecule has 5 nitrogen and oxygen atoms in total. The molecule has 0 aromatic carbocycles. The maximum absolute atomic E-state index is 12.0. The van der Waals surface area contributed by atoms with Crippen LogP contribution in [0.25, 0.3) is 0 Å². The van der Waals surface area contributed by atoms with E-state index in [-0.39, 0.29) is 29.6 Å². The second-order valence-electron chi connectivity index (χ2n) is 6.03. The standard InChI is InChI=1S/C13H20N2O3/c1-14-8-13(6-7-13)11(15(2)12(14)17)18-10(16)9-4-3-5-9/h9,11H,3-8H2,1-2H3. The van der Waals surface area contributed by atoms with Crippen LogP contribution in [0.1, 0.15) is 32.1 Å². The van der Waals surface area contributed by atoms with Crippen molar-refractivity contribution in [1.82, 2.24) is 9.80 Å². The molecule has 3 fully saturated rings. The van der Waals surface area contributed by atoms with E-state index in [1.165, 1.54) is 0 Å². The van der Waals surface area contributed by atoms with Gasteiger partial charge in [0.1, 0.15) is 0 Å². The van der Waals surface area contributed by atoms with Crippen LogP contribution < -0.4 is 0 Å². The Morgan fingerprint density at radius 1 is 1.33 bits per heavy atom. The summed E-state index contributed by atoms with van der Waals surface area (Å²) in [6.07, 6.45) is 4.73. The number of carbonyl (C=O) groups excluding carboxylic acids is 2. The van der Waals surface area contributed by atoms with Crippen LogP contribution in [0, 0.1) is 11.3 Å². The van der Waals surface area contributed by atoms with Crippen molar-refractivity contribution in [1.29, 1.82) is 0 Å². The molecule has 0 aromatic rings. The van der Waals surface area contributed by atoms with Crippen molar-refractivity contribution in [2.24, 2.45) is 11.3 Å². The molecule has 1 spiro atoms. The molecule has 3 aliphatic rings. The second-order valence-corrected chi connectivity index (χ2v) is 6.03. The van der Waals surface area contributed by atoms with E-state index in [9.17, 15) is 9.59 Å². The molecule has 3 rings (SSSR count). The summed E-state index contributed by atoms with van der Waals surface area (Å²) in [5.74, 6) is -0.0364. The van der Waals surface area contributed by atoms with Crippen molar-refractivity contribution in [3.05, 3.63) is 0 Å². The SMILES string of the molecule is CN1CC2(CC2)C(OC(=O)C2CCC2)N(C)C1=O. The lowest BCUT2D eigenvalue weighted by molar-refractivity contribution is -0.174. The first kappa shape index (κ1) is 11.8. The minimum atomic E-state index is -0.353. The summed E-state index contributed by atoms with van der Waals surface area (Å²) < 4.78 is 5.64. The molecule has 0 bridgehead atoms. The van der Waals surface area contributed by atoms with Gasteiger partial charge in [0.25, 0.3) is 0 Å². The highest BCUT2D eigenvalue weighted by Gasteiger charge is 2.58. The number of esters is 1. The predicted octanol–water partition coefficient (Wildman–Crippen LogP) is 1.43. The quantitative estimate of drug-likeness (QED) is 0.699. The van der Waals surface area contributed by atoms with E-state index in [0.29, 0.717) is 6.54 Å². The van der Waals surface area contributed by atoms with Gasteiger partial charge in [-0.15, -0.1) is 0 Å². The van der Waals surface area contributed by atoms with Gasteiger partial charge in [-0.3, -0.25) is 9.69 Å². The average molecular weight is 252 g/mol. The van der Waals surface area contributed by atoms with Gasteiger partial charge >= 0.3 is 12.0 Å². The summed E-state index contributed by atoms with van der Waals surface area (Å²) in [7, 11) is 3.54. The fraction of sp³-hybridized carbons (Fsp3) is 0.846. The Balaban J connectivity index is 1.72. The highest BCUT2D eigenvalue weighted by molar-refractivity contribution is 5.77. The van der Waals surface area contributed by atoms with Crippen molar-refractivity contribution in [2.75, 3.05) is 20.6 Å². The zero-order valence-electron chi connectivity index (χ0n) is 11.0. The van der Waals surface area contributed by atoms with Crippen LogP contribution in [-0.2, 0) is 9.53 Å². The van der Waals surface area contributed by atoms with E-state index in [1.54, 1.807) is 16.8 Å². The largest absolute Gasteiger partial charge is 0.441 e. The molecule has 1 atom stereocenters. The molecule has 2 amide bonds. The fourth-order valence-corrected chi connectivity index (χ4v) is 3.02. The molecule has 5 heteroatoms. The first-order chi connectivity index (χ1) is 8.53. The van der Waals surface area contributed by atoms with Gasteiger partial charge in [-0.25, -0.2) is 4.79 Å². The van der Waals surface area contributed by atoms with Gasteiger partial charge in [-0.2, -0.15) is 0 Å². The maximum Gasteiger partial charge on any atom is 0.322 e. The average Bonchev–Trinajstić information content (AvgIpc) is 3.00. The molecular weight excluding hydrogens is 232 g/mol. The van der Waals surface area contributed by atoms with E-state index in [2.05, 4.69) is 0 Å². The smallest absolute Gasteiger partial charge is 0.322 e. The lowest BCUT2D eigenvalue weighted by Crippen LogP contribution is -2.59. The molecule has 1 saturated heterocycles. The third-order valence-electron chi connectivity index (χ3n) is 4.61. The predicted molar refractivity (Wildman–Crippen MR) is 64.7 cm³/mol. The molecule has 0 radical (unpaired) electrons.